The molecule has 0 saturated heterocycles. The van der Waals surface area contributed by atoms with E-state index in [2.05, 4.69) is 10.5 Å². The maximum atomic E-state index is 13.2. The van der Waals surface area contributed by atoms with Crippen LogP contribution in [0.5, 0.6) is 0 Å². The molecule has 4 nitrogen and oxygen atoms in total. The zero-order chi connectivity index (χ0) is 18.1. The highest BCUT2D eigenvalue weighted by Gasteiger charge is 2.44. The van der Waals surface area contributed by atoms with Crippen LogP contribution in [0.15, 0.2) is 59.1 Å². The van der Waals surface area contributed by atoms with Gasteiger partial charge in [-0.25, -0.2) is 4.39 Å². The minimum Gasteiger partial charge on any atom is -0.360 e. The number of carbonyl (C=O) groups is 1. The lowest BCUT2D eigenvalue weighted by Crippen LogP contribution is -2.32. The summed E-state index contributed by atoms with van der Waals surface area (Å²) in [6.45, 7) is 2.25. The zero-order valence-electron chi connectivity index (χ0n) is 14.5. The number of carbonyl (C=O) groups excluding carboxylic acids is 1. The van der Waals surface area contributed by atoms with Crippen molar-refractivity contribution < 1.29 is 13.7 Å². The van der Waals surface area contributed by atoms with Crippen molar-refractivity contribution in [1.29, 1.82) is 0 Å². The van der Waals surface area contributed by atoms with Crippen LogP contribution in [0.4, 0.5) is 4.39 Å². The smallest absolute Gasteiger partial charge is 0.257 e. The van der Waals surface area contributed by atoms with Gasteiger partial charge in [0.2, 0.25) is 0 Å². The first-order valence-corrected chi connectivity index (χ1v) is 8.65. The molecule has 1 amide bonds. The molecule has 1 heterocycles. The highest BCUT2D eigenvalue weighted by Crippen LogP contribution is 2.47. The maximum absolute atomic E-state index is 13.2. The summed E-state index contributed by atoms with van der Waals surface area (Å²) >= 11 is 0. The van der Waals surface area contributed by atoms with Gasteiger partial charge in [-0.3, -0.25) is 4.79 Å². The summed E-state index contributed by atoms with van der Waals surface area (Å²) < 4.78 is 18.4. The molecule has 0 atom stereocenters. The molecule has 1 N–H and O–H groups in total. The molecule has 1 aromatic heterocycles. The first-order chi connectivity index (χ1) is 12.6. The Kier molecular flexibility index (Phi) is 4.07. The van der Waals surface area contributed by atoms with Crippen molar-refractivity contribution in [3.8, 4) is 11.3 Å². The van der Waals surface area contributed by atoms with Crippen LogP contribution < -0.4 is 5.32 Å². The SMILES string of the molecule is Cc1onc(-c2ccccc2)c1C(=O)NCC1(c2ccc(F)cc2)CC1. The number of nitrogens with zero attached hydrogens (tertiary/aromatic N) is 1. The Balaban J connectivity index is 1.53. The Morgan fingerprint density at radius 3 is 2.50 bits per heavy atom. The number of aryl methyl sites for hydroxylation is 1. The van der Waals surface area contributed by atoms with Gasteiger partial charge in [0, 0.05) is 17.5 Å². The molecule has 0 unspecified atom stereocenters. The Labute approximate surface area is 151 Å². The third-order valence-electron chi connectivity index (χ3n) is 5.03. The van der Waals surface area contributed by atoms with Crippen LogP contribution in [0.3, 0.4) is 0 Å². The highest BCUT2D eigenvalue weighted by atomic mass is 19.1. The quantitative estimate of drug-likeness (QED) is 0.748. The van der Waals surface area contributed by atoms with Crippen molar-refractivity contribution in [2.24, 2.45) is 0 Å². The van der Waals surface area contributed by atoms with E-state index in [0.717, 1.165) is 24.0 Å². The minimum absolute atomic E-state index is 0.0959. The van der Waals surface area contributed by atoms with E-state index in [-0.39, 0.29) is 17.1 Å². The number of benzene rings is 2. The van der Waals surface area contributed by atoms with Gasteiger partial charge in [0.1, 0.15) is 22.8 Å². The molecule has 3 aromatic rings. The zero-order valence-corrected chi connectivity index (χ0v) is 14.5. The van der Waals surface area contributed by atoms with Gasteiger partial charge in [-0.05, 0) is 37.5 Å². The lowest BCUT2D eigenvalue weighted by molar-refractivity contribution is 0.0948. The summed E-state index contributed by atoms with van der Waals surface area (Å²) in [7, 11) is 0. The normalized spacial score (nSPS) is 14.8. The Morgan fingerprint density at radius 1 is 1.15 bits per heavy atom. The molecule has 4 rings (SSSR count). The molecule has 2 aromatic carbocycles. The number of amides is 1. The molecule has 0 bridgehead atoms. The molecule has 0 radical (unpaired) electrons. The average molecular weight is 350 g/mol. The molecule has 1 saturated carbocycles. The lowest BCUT2D eigenvalue weighted by Gasteiger charge is -2.16. The number of halogens is 1. The second kappa shape index (κ2) is 6.41. The van der Waals surface area contributed by atoms with Crippen molar-refractivity contribution >= 4 is 5.91 Å². The summed E-state index contributed by atoms with van der Waals surface area (Å²) in [5, 5.41) is 7.08. The first kappa shape index (κ1) is 16.5. The van der Waals surface area contributed by atoms with Crippen LogP contribution in [0.2, 0.25) is 0 Å². The van der Waals surface area contributed by atoms with Gasteiger partial charge in [0.25, 0.3) is 5.91 Å². The third-order valence-corrected chi connectivity index (χ3v) is 5.03. The first-order valence-electron chi connectivity index (χ1n) is 8.65. The van der Waals surface area contributed by atoms with E-state index in [4.69, 9.17) is 4.52 Å². The van der Waals surface area contributed by atoms with Gasteiger partial charge in [0.05, 0.1) is 0 Å². The largest absolute Gasteiger partial charge is 0.360 e. The minimum atomic E-state index is -0.249. The van der Waals surface area contributed by atoms with Gasteiger partial charge >= 0.3 is 0 Å². The van der Waals surface area contributed by atoms with E-state index in [1.807, 2.05) is 30.3 Å². The molecule has 26 heavy (non-hydrogen) atoms. The molecule has 1 fully saturated rings. The standard InChI is InChI=1S/C21H19FN2O2/c1-14-18(19(24-26-14)15-5-3-2-4-6-15)20(25)23-13-21(11-12-21)16-7-9-17(22)10-8-16/h2-10H,11-13H2,1H3,(H,23,25). The number of hydrogen-bond acceptors (Lipinski definition) is 3. The summed E-state index contributed by atoms with van der Waals surface area (Å²) in [6, 6.07) is 16.0. The molecule has 0 aliphatic heterocycles. The van der Waals surface area contributed by atoms with Crippen LogP contribution in [0.1, 0.15) is 34.5 Å². The van der Waals surface area contributed by atoms with E-state index in [9.17, 15) is 9.18 Å². The fourth-order valence-electron chi connectivity index (χ4n) is 3.29. The van der Waals surface area contributed by atoms with Gasteiger partial charge in [0.15, 0.2) is 0 Å². The van der Waals surface area contributed by atoms with E-state index < -0.39 is 0 Å². The molecule has 132 valence electrons. The van der Waals surface area contributed by atoms with E-state index in [0.29, 0.717) is 23.6 Å². The van der Waals surface area contributed by atoms with Gasteiger partial charge in [-0.2, -0.15) is 0 Å². The van der Waals surface area contributed by atoms with E-state index in [1.54, 1.807) is 19.1 Å². The predicted molar refractivity (Wildman–Crippen MR) is 96.3 cm³/mol. The molecule has 5 heteroatoms. The van der Waals surface area contributed by atoms with Gasteiger partial charge in [-0.15, -0.1) is 0 Å². The van der Waals surface area contributed by atoms with Gasteiger partial charge in [-0.1, -0.05) is 47.6 Å². The number of aromatic nitrogens is 1. The van der Waals surface area contributed by atoms with Crippen molar-refractivity contribution in [3.05, 3.63) is 77.3 Å². The third kappa shape index (κ3) is 3.01. The summed E-state index contributed by atoms with van der Waals surface area (Å²) in [6.07, 6.45) is 1.96. The predicted octanol–water partition coefficient (Wildman–Crippen LogP) is 4.25. The Morgan fingerprint density at radius 2 is 1.85 bits per heavy atom. The van der Waals surface area contributed by atoms with Crippen LogP contribution in [0.25, 0.3) is 11.3 Å². The Bertz CT molecular complexity index is 928. The molecular formula is C21H19FN2O2. The molecular weight excluding hydrogens is 331 g/mol. The number of hydrogen-bond donors (Lipinski definition) is 1. The van der Waals surface area contributed by atoms with Crippen LogP contribution in [0, 0.1) is 12.7 Å². The molecule has 1 aliphatic carbocycles. The summed E-state index contributed by atoms with van der Waals surface area (Å²) in [5.41, 5.74) is 2.82. The van der Waals surface area contributed by atoms with Crippen molar-refractivity contribution in [1.82, 2.24) is 10.5 Å². The number of rotatable bonds is 5. The second-order valence-electron chi connectivity index (χ2n) is 6.80. The van der Waals surface area contributed by atoms with Crippen LogP contribution in [-0.4, -0.2) is 17.6 Å². The molecule has 1 aliphatic rings. The highest BCUT2D eigenvalue weighted by molar-refractivity contribution is 6.00. The fraction of sp³-hybridized carbons (Fsp3) is 0.238. The van der Waals surface area contributed by atoms with Crippen LogP contribution >= 0.6 is 0 Å². The van der Waals surface area contributed by atoms with Crippen molar-refractivity contribution in [2.75, 3.05) is 6.54 Å². The topological polar surface area (TPSA) is 55.1 Å². The average Bonchev–Trinajstić information content (AvgIpc) is 3.36. The van der Waals surface area contributed by atoms with Crippen LogP contribution in [-0.2, 0) is 5.41 Å². The Hall–Kier alpha value is -2.95. The van der Waals surface area contributed by atoms with Gasteiger partial charge < -0.3 is 9.84 Å². The summed E-state index contributed by atoms with van der Waals surface area (Å²) in [5.74, 6) is 0.0464. The number of nitrogens with one attached hydrogen (secondary N) is 1. The summed E-state index contributed by atoms with van der Waals surface area (Å²) in [4.78, 5) is 12.8. The van der Waals surface area contributed by atoms with Crippen molar-refractivity contribution in [3.63, 3.8) is 0 Å². The van der Waals surface area contributed by atoms with E-state index >= 15 is 0 Å². The lowest BCUT2D eigenvalue weighted by atomic mass is 9.95. The monoisotopic (exact) mass is 350 g/mol. The fourth-order valence-corrected chi connectivity index (χ4v) is 3.29. The van der Waals surface area contributed by atoms with Crippen molar-refractivity contribution in [2.45, 2.75) is 25.2 Å². The van der Waals surface area contributed by atoms with E-state index in [1.165, 1.54) is 12.1 Å². The maximum Gasteiger partial charge on any atom is 0.257 e. The second-order valence-corrected chi connectivity index (χ2v) is 6.80. The molecule has 0 spiro atoms.